The topological polar surface area (TPSA) is 82.1 Å². The maximum atomic E-state index is 6.15. The number of hydrogen-bond donors (Lipinski definition) is 1. The summed E-state index contributed by atoms with van der Waals surface area (Å²) in [6.07, 6.45) is 3.47. The molecule has 3 aromatic heterocycles. The van der Waals surface area contributed by atoms with E-state index in [1.165, 1.54) is 5.56 Å². The normalized spacial score (nSPS) is 14.3. The molecule has 0 saturated carbocycles. The molecule has 2 N–H and O–H groups in total. The average molecular weight is 417 g/mol. The average Bonchev–Trinajstić information content (AvgIpc) is 3.21. The lowest BCUT2D eigenvalue weighted by atomic mass is 10.1. The summed E-state index contributed by atoms with van der Waals surface area (Å²) in [5.74, 6) is 1.19. The molecule has 1 fully saturated rings. The van der Waals surface area contributed by atoms with Gasteiger partial charge in [0, 0.05) is 37.7 Å². The molecule has 1 saturated heterocycles. The first-order valence-corrected chi connectivity index (χ1v) is 10.7. The van der Waals surface area contributed by atoms with E-state index in [2.05, 4.69) is 39.1 Å². The molecular formula is C24H28N6O. The van der Waals surface area contributed by atoms with Crippen LogP contribution in [-0.2, 0) is 11.3 Å². The van der Waals surface area contributed by atoms with Crippen LogP contribution >= 0.6 is 0 Å². The van der Waals surface area contributed by atoms with Crippen LogP contribution in [0.3, 0.4) is 0 Å². The number of morpholine rings is 1. The molecule has 7 nitrogen and oxygen atoms in total. The minimum Gasteiger partial charge on any atom is -0.383 e. The molecule has 160 valence electrons. The number of anilines is 1. The Bertz CT molecular complexity index is 1130. The summed E-state index contributed by atoms with van der Waals surface area (Å²) in [5, 5.41) is 0. The lowest BCUT2D eigenvalue weighted by molar-refractivity contribution is 0.0342. The van der Waals surface area contributed by atoms with Gasteiger partial charge < -0.3 is 10.5 Å². The number of rotatable bonds is 4. The Labute approximate surface area is 182 Å². The van der Waals surface area contributed by atoms with Crippen LogP contribution in [0.4, 0.5) is 5.82 Å². The van der Waals surface area contributed by atoms with E-state index in [1.807, 2.05) is 42.7 Å². The van der Waals surface area contributed by atoms with Crippen LogP contribution in [0.25, 0.3) is 28.2 Å². The van der Waals surface area contributed by atoms with Gasteiger partial charge in [0.05, 0.1) is 18.8 Å². The summed E-state index contributed by atoms with van der Waals surface area (Å²) in [6, 6.07) is 16.2. The Balaban J connectivity index is 0.00000112. The summed E-state index contributed by atoms with van der Waals surface area (Å²) in [7, 11) is 0. The number of nitrogens with zero attached hydrogens (tertiary/aromatic N) is 5. The molecule has 7 heteroatoms. The van der Waals surface area contributed by atoms with Crippen molar-refractivity contribution in [2.75, 3.05) is 32.0 Å². The molecular weight excluding hydrogens is 388 g/mol. The van der Waals surface area contributed by atoms with Crippen LogP contribution in [0, 0.1) is 0 Å². The zero-order chi connectivity index (χ0) is 21.6. The zero-order valence-corrected chi connectivity index (χ0v) is 18.0. The molecule has 1 aliphatic heterocycles. The molecule has 0 atom stereocenters. The van der Waals surface area contributed by atoms with Gasteiger partial charge in [-0.2, -0.15) is 0 Å². The monoisotopic (exact) mass is 416 g/mol. The van der Waals surface area contributed by atoms with Gasteiger partial charge in [0.2, 0.25) is 0 Å². The van der Waals surface area contributed by atoms with Gasteiger partial charge in [-0.25, -0.2) is 15.0 Å². The Morgan fingerprint density at radius 2 is 1.65 bits per heavy atom. The van der Waals surface area contributed by atoms with Crippen LogP contribution in [0.5, 0.6) is 0 Å². The van der Waals surface area contributed by atoms with Gasteiger partial charge in [-0.15, -0.1) is 0 Å². The summed E-state index contributed by atoms with van der Waals surface area (Å²) in [4.78, 5) is 16.0. The lowest BCUT2D eigenvalue weighted by Gasteiger charge is -2.26. The molecule has 1 aromatic carbocycles. The molecule has 0 bridgehead atoms. The number of nitrogens with two attached hydrogens (primary N) is 1. The zero-order valence-electron chi connectivity index (χ0n) is 18.0. The third kappa shape index (κ3) is 4.42. The van der Waals surface area contributed by atoms with E-state index in [0.29, 0.717) is 5.82 Å². The largest absolute Gasteiger partial charge is 0.383 e. The number of fused-ring (bicyclic) bond motifs is 1. The Morgan fingerprint density at radius 1 is 0.935 bits per heavy atom. The van der Waals surface area contributed by atoms with E-state index in [0.717, 1.165) is 61.1 Å². The van der Waals surface area contributed by atoms with Crippen LogP contribution < -0.4 is 5.73 Å². The van der Waals surface area contributed by atoms with Crippen molar-refractivity contribution in [1.29, 1.82) is 0 Å². The first-order valence-electron chi connectivity index (χ1n) is 10.7. The second-order valence-corrected chi connectivity index (χ2v) is 7.11. The molecule has 1 aliphatic rings. The van der Waals surface area contributed by atoms with Crippen molar-refractivity contribution in [1.82, 2.24) is 24.4 Å². The maximum absolute atomic E-state index is 6.15. The summed E-state index contributed by atoms with van der Waals surface area (Å²) in [6.45, 7) is 8.49. The molecule has 31 heavy (non-hydrogen) atoms. The number of hydrogen-bond acceptors (Lipinski definition) is 6. The second-order valence-electron chi connectivity index (χ2n) is 7.11. The fraction of sp³-hybridized carbons (Fsp3) is 0.292. The number of aromatic nitrogens is 4. The van der Waals surface area contributed by atoms with Gasteiger partial charge in [0.15, 0.2) is 11.5 Å². The number of ether oxygens (including phenoxy) is 1. The highest BCUT2D eigenvalue weighted by atomic mass is 16.5. The van der Waals surface area contributed by atoms with Crippen molar-refractivity contribution < 1.29 is 4.74 Å². The van der Waals surface area contributed by atoms with E-state index in [1.54, 1.807) is 12.4 Å². The minimum atomic E-state index is 0.452. The van der Waals surface area contributed by atoms with Crippen LogP contribution in [0.2, 0.25) is 0 Å². The Hall–Kier alpha value is -3.29. The van der Waals surface area contributed by atoms with Gasteiger partial charge in [0.1, 0.15) is 11.3 Å². The van der Waals surface area contributed by atoms with Crippen molar-refractivity contribution in [2.24, 2.45) is 0 Å². The van der Waals surface area contributed by atoms with Crippen molar-refractivity contribution in [3.05, 3.63) is 66.5 Å². The molecule has 0 amide bonds. The van der Waals surface area contributed by atoms with Crippen molar-refractivity contribution >= 4 is 17.0 Å². The van der Waals surface area contributed by atoms with Crippen LogP contribution in [-0.4, -0.2) is 50.7 Å². The third-order valence-corrected chi connectivity index (χ3v) is 5.20. The lowest BCUT2D eigenvalue weighted by Crippen LogP contribution is -2.35. The van der Waals surface area contributed by atoms with E-state index in [4.69, 9.17) is 15.5 Å². The molecule has 0 aliphatic carbocycles. The molecule has 4 aromatic rings. The van der Waals surface area contributed by atoms with E-state index in [-0.39, 0.29) is 0 Å². The van der Waals surface area contributed by atoms with Gasteiger partial charge in [-0.1, -0.05) is 26.0 Å². The number of pyridine rings is 2. The van der Waals surface area contributed by atoms with E-state index < -0.39 is 0 Å². The van der Waals surface area contributed by atoms with E-state index in [9.17, 15) is 0 Å². The van der Waals surface area contributed by atoms with Crippen molar-refractivity contribution in [3.8, 4) is 17.1 Å². The van der Waals surface area contributed by atoms with Crippen LogP contribution in [0.1, 0.15) is 19.4 Å². The van der Waals surface area contributed by atoms with Gasteiger partial charge >= 0.3 is 0 Å². The first-order chi connectivity index (χ1) is 15.3. The number of imidazole rings is 1. The minimum absolute atomic E-state index is 0.452. The fourth-order valence-corrected chi connectivity index (χ4v) is 3.71. The highest BCUT2D eigenvalue weighted by Crippen LogP contribution is 2.30. The molecule has 4 heterocycles. The Kier molecular flexibility index (Phi) is 6.54. The summed E-state index contributed by atoms with van der Waals surface area (Å²) >= 11 is 0. The molecule has 5 rings (SSSR count). The van der Waals surface area contributed by atoms with Gasteiger partial charge in [-0.3, -0.25) is 9.47 Å². The predicted octanol–water partition coefficient (Wildman–Crippen LogP) is 3.92. The van der Waals surface area contributed by atoms with Crippen LogP contribution in [0.15, 0.2) is 60.9 Å². The fourth-order valence-electron chi connectivity index (χ4n) is 3.71. The molecule has 0 unspecified atom stereocenters. The van der Waals surface area contributed by atoms with Gasteiger partial charge in [-0.05, 0) is 42.0 Å². The number of benzene rings is 1. The van der Waals surface area contributed by atoms with E-state index >= 15 is 0 Å². The second kappa shape index (κ2) is 9.68. The highest BCUT2D eigenvalue weighted by Gasteiger charge is 2.17. The smallest absolute Gasteiger partial charge is 0.164 e. The Morgan fingerprint density at radius 3 is 2.39 bits per heavy atom. The highest BCUT2D eigenvalue weighted by molar-refractivity contribution is 5.82. The molecule has 0 spiro atoms. The summed E-state index contributed by atoms with van der Waals surface area (Å²) < 4.78 is 7.48. The summed E-state index contributed by atoms with van der Waals surface area (Å²) in [5.41, 5.74) is 10.8. The van der Waals surface area contributed by atoms with Crippen molar-refractivity contribution in [3.63, 3.8) is 0 Å². The molecule has 0 radical (unpaired) electrons. The van der Waals surface area contributed by atoms with Crippen molar-refractivity contribution in [2.45, 2.75) is 20.4 Å². The number of nitrogen functional groups attached to an aromatic ring is 1. The third-order valence-electron chi connectivity index (χ3n) is 5.20. The first kappa shape index (κ1) is 21.0. The SMILES string of the molecule is CC.Nc1ncccc1-c1nc2cccnc2n1-c1ccc(CN2CCOCC2)cc1. The van der Waals surface area contributed by atoms with Gasteiger partial charge in [0.25, 0.3) is 0 Å². The predicted molar refractivity (Wildman–Crippen MR) is 124 cm³/mol. The quantitative estimate of drug-likeness (QED) is 0.543. The standard InChI is InChI=1S/C22H22N6O.C2H6/c23-20-18(3-1-9-24-20)21-26-19-4-2-10-25-22(19)28(21)17-7-5-16(6-8-17)15-27-11-13-29-14-12-27;1-2/h1-10H,11-15H2,(H2,23,24);1-2H3. The maximum Gasteiger partial charge on any atom is 0.164 e.